The molecule has 6 heteroatoms. The van der Waals surface area contributed by atoms with E-state index in [0.29, 0.717) is 0 Å². The minimum atomic E-state index is 0.205. The average Bonchev–Trinajstić information content (AvgIpc) is 3.03. The number of nitrogen functional groups attached to an aromatic ring is 1. The standard InChI is InChI=1S/C21H29N5S/c1-4-6-10-18-16(3)14-19(27-18)17-15-25-20(22)21(23)26(17)13-9-8-12-24-11-7-5-2/h4,6,9-10,13-15,23-24H,1,5,7-8,11-12H2,2-3H3,(H2,22,25)/b10-6-,13-9+,23-21?. The van der Waals surface area contributed by atoms with Crippen LogP contribution in [0.2, 0.25) is 0 Å². The number of anilines is 1. The topological polar surface area (TPSA) is 79.7 Å². The van der Waals surface area contributed by atoms with E-state index in [-0.39, 0.29) is 11.3 Å². The van der Waals surface area contributed by atoms with Gasteiger partial charge < -0.3 is 11.1 Å². The van der Waals surface area contributed by atoms with E-state index in [1.165, 1.54) is 23.3 Å². The van der Waals surface area contributed by atoms with Gasteiger partial charge in [-0.05, 0) is 50.6 Å². The van der Waals surface area contributed by atoms with Gasteiger partial charge in [-0.3, -0.25) is 9.98 Å². The van der Waals surface area contributed by atoms with Gasteiger partial charge in [0.15, 0.2) is 11.3 Å². The lowest BCUT2D eigenvalue weighted by Gasteiger charge is -2.09. The van der Waals surface area contributed by atoms with Crippen LogP contribution in [0, 0.1) is 12.3 Å². The molecule has 0 saturated carbocycles. The van der Waals surface area contributed by atoms with Crippen LogP contribution >= 0.6 is 11.3 Å². The van der Waals surface area contributed by atoms with E-state index in [9.17, 15) is 0 Å². The smallest absolute Gasteiger partial charge is 0.172 e. The molecule has 144 valence electrons. The van der Waals surface area contributed by atoms with Crippen molar-refractivity contribution in [2.24, 2.45) is 0 Å². The number of nitrogens with zero attached hydrogens (tertiary/aromatic N) is 2. The molecule has 2 aromatic heterocycles. The second-order valence-corrected chi connectivity index (χ2v) is 7.36. The quantitative estimate of drug-likeness (QED) is 0.419. The van der Waals surface area contributed by atoms with Crippen LogP contribution in [0.4, 0.5) is 5.82 Å². The number of aryl methyl sites for hydroxylation is 1. The van der Waals surface area contributed by atoms with Crippen LogP contribution < -0.4 is 16.5 Å². The van der Waals surface area contributed by atoms with Crippen molar-refractivity contribution >= 4 is 29.4 Å². The van der Waals surface area contributed by atoms with E-state index in [2.05, 4.69) is 42.9 Å². The second-order valence-electron chi connectivity index (χ2n) is 6.28. The fraction of sp³-hybridized carbons (Fsp3) is 0.333. The lowest BCUT2D eigenvalue weighted by molar-refractivity contribution is 0.645. The van der Waals surface area contributed by atoms with Gasteiger partial charge in [-0.1, -0.05) is 38.2 Å². The highest BCUT2D eigenvalue weighted by Gasteiger charge is 2.11. The molecule has 0 unspecified atom stereocenters. The molecule has 0 amide bonds. The molecule has 0 saturated heterocycles. The average molecular weight is 384 g/mol. The molecule has 0 fully saturated rings. The van der Waals surface area contributed by atoms with E-state index >= 15 is 0 Å². The fourth-order valence-corrected chi connectivity index (χ4v) is 3.67. The molecule has 2 aromatic rings. The molecule has 0 bridgehead atoms. The maximum absolute atomic E-state index is 8.31. The zero-order chi connectivity index (χ0) is 19.6. The third-order valence-electron chi connectivity index (χ3n) is 4.11. The Hall–Kier alpha value is -2.44. The highest BCUT2D eigenvalue weighted by Crippen LogP contribution is 2.31. The number of rotatable bonds is 10. The predicted molar refractivity (Wildman–Crippen MR) is 117 cm³/mol. The Kier molecular flexibility index (Phi) is 8.23. The molecule has 0 aliphatic heterocycles. The predicted octanol–water partition coefficient (Wildman–Crippen LogP) is 4.43. The number of allylic oxidation sites excluding steroid dienone is 2. The Morgan fingerprint density at radius 3 is 2.96 bits per heavy atom. The maximum atomic E-state index is 8.31. The summed E-state index contributed by atoms with van der Waals surface area (Å²) in [6.45, 7) is 9.96. The number of unbranched alkanes of at least 4 members (excludes halogenated alkanes) is 1. The molecule has 0 aliphatic rings. The highest BCUT2D eigenvalue weighted by atomic mass is 32.1. The first-order valence-corrected chi connectivity index (χ1v) is 10.1. The molecule has 0 aliphatic carbocycles. The first-order valence-electron chi connectivity index (χ1n) is 9.27. The zero-order valence-electron chi connectivity index (χ0n) is 16.2. The van der Waals surface area contributed by atoms with Crippen molar-refractivity contribution in [1.82, 2.24) is 14.9 Å². The summed E-state index contributed by atoms with van der Waals surface area (Å²) in [5, 5.41) is 11.7. The Balaban J connectivity index is 2.25. The van der Waals surface area contributed by atoms with Crippen molar-refractivity contribution in [2.75, 3.05) is 18.8 Å². The third kappa shape index (κ3) is 5.77. The zero-order valence-corrected chi connectivity index (χ0v) is 17.0. The number of nitrogens with one attached hydrogen (secondary N) is 2. The largest absolute Gasteiger partial charge is 0.381 e. The van der Waals surface area contributed by atoms with Crippen LogP contribution in [-0.2, 0) is 0 Å². The van der Waals surface area contributed by atoms with E-state index in [1.54, 1.807) is 28.2 Å². The molecular formula is C21H29N5S. The number of hydrogen-bond acceptors (Lipinski definition) is 5. The molecule has 0 radical (unpaired) electrons. The summed E-state index contributed by atoms with van der Waals surface area (Å²) in [5.74, 6) is 0.226. The van der Waals surface area contributed by atoms with Crippen LogP contribution in [0.5, 0.6) is 0 Å². The van der Waals surface area contributed by atoms with Crippen LogP contribution in [0.3, 0.4) is 0 Å². The van der Waals surface area contributed by atoms with Crippen molar-refractivity contribution in [1.29, 1.82) is 5.41 Å². The molecule has 5 nitrogen and oxygen atoms in total. The number of hydrogen-bond donors (Lipinski definition) is 3. The summed E-state index contributed by atoms with van der Waals surface area (Å²) in [6.07, 6.45) is 14.8. The molecule has 0 atom stereocenters. The summed E-state index contributed by atoms with van der Waals surface area (Å²) >= 11 is 1.67. The van der Waals surface area contributed by atoms with Gasteiger partial charge >= 0.3 is 0 Å². The Bertz CT molecular complexity index is 873. The van der Waals surface area contributed by atoms with E-state index in [4.69, 9.17) is 11.1 Å². The molecular weight excluding hydrogens is 354 g/mol. The normalized spacial score (nSPS) is 11.6. The number of thiophene rings is 1. The van der Waals surface area contributed by atoms with Crippen molar-refractivity contribution in [3.8, 4) is 10.6 Å². The van der Waals surface area contributed by atoms with Crippen molar-refractivity contribution < 1.29 is 0 Å². The van der Waals surface area contributed by atoms with Crippen LogP contribution in [0.1, 0.15) is 36.6 Å². The summed E-state index contributed by atoms with van der Waals surface area (Å²) in [5.41, 5.74) is 8.13. The van der Waals surface area contributed by atoms with E-state index in [1.807, 2.05) is 18.4 Å². The van der Waals surface area contributed by atoms with Crippen LogP contribution in [-0.4, -0.2) is 22.6 Å². The summed E-state index contributed by atoms with van der Waals surface area (Å²) < 4.78 is 1.81. The molecule has 2 rings (SSSR count). The Labute approximate surface area is 165 Å². The van der Waals surface area contributed by atoms with Crippen LogP contribution in [0.15, 0.2) is 37.1 Å². The molecule has 2 heterocycles. The minimum absolute atomic E-state index is 0.205. The van der Waals surface area contributed by atoms with Crippen molar-refractivity contribution in [3.63, 3.8) is 0 Å². The van der Waals surface area contributed by atoms with Gasteiger partial charge in [-0.15, -0.1) is 11.3 Å². The van der Waals surface area contributed by atoms with Gasteiger partial charge in [-0.2, -0.15) is 0 Å². The van der Waals surface area contributed by atoms with Gasteiger partial charge in [-0.25, -0.2) is 4.98 Å². The second kappa shape index (κ2) is 10.6. The molecule has 27 heavy (non-hydrogen) atoms. The van der Waals surface area contributed by atoms with Gasteiger partial charge in [0.25, 0.3) is 0 Å². The van der Waals surface area contributed by atoms with Crippen molar-refractivity contribution in [2.45, 2.75) is 33.1 Å². The summed E-state index contributed by atoms with van der Waals surface area (Å²) in [7, 11) is 0. The Morgan fingerprint density at radius 2 is 2.22 bits per heavy atom. The first-order chi connectivity index (χ1) is 13.1. The van der Waals surface area contributed by atoms with Gasteiger partial charge in [0.05, 0.1) is 16.8 Å². The maximum Gasteiger partial charge on any atom is 0.172 e. The lowest BCUT2D eigenvalue weighted by Crippen LogP contribution is -2.22. The molecule has 4 N–H and O–H groups in total. The van der Waals surface area contributed by atoms with Gasteiger partial charge in [0, 0.05) is 11.1 Å². The number of nitrogens with two attached hydrogens (primary N) is 1. The lowest BCUT2D eigenvalue weighted by atomic mass is 10.2. The SMILES string of the molecule is C=C/C=C\c1sc(-c2cnc(N)c(=N)n2/C=C/CCNCCCC)cc1C. The number of aromatic nitrogens is 2. The van der Waals surface area contributed by atoms with Gasteiger partial charge in [0.1, 0.15) is 0 Å². The Morgan fingerprint density at radius 1 is 1.41 bits per heavy atom. The van der Waals surface area contributed by atoms with E-state index < -0.39 is 0 Å². The van der Waals surface area contributed by atoms with Crippen LogP contribution in [0.25, 0.3) is 22.8 Å². The first kappa shape index (κ1) is 20.9. The minimum Gasteiger partial charge on any atom is -0.381 e. The molecule has 0 spiro atoms. The third-order valence-corrected chi connectivity index (χ3v) is 5.34. The monoisotopic (exact) mass is 383 g/mol. The molecule has 0 aromatic carbocycles. The van der Waals surface area contributed by atoms with E-state index in [0.717, 1.165) is 30.1 Å². The van der Waals surface area contributed by atoms with Crippen molar-refractivity contribution in [3.05, 3.63) is 53.0 Å². The summed E-state index contributed by atoms with van der Waals surface area (Å²) in [4.78, 5) is 6.42. The summed E-state index contributed by atoms with van der Waals surface area (Å²) in [6, 6.07) is 2.12. The van der Waals surface area contributed by atoms with Gasteiger partial charge in [0.2, 0.25) is 0 Å². The fourth-order valence-electron chi connectivity index (χ4n) is 2.57. The highest BCUT2D eigenvalue weighted by molar-refractivity contribution is 7.16.